The van der Waals surface area contributed by atoms with Crippen LogP contribution in [0.25, 0.3) is 10.9 Å². The molecule has 0 N–H and O–H groups in total. The minimum absolute atomic E-state index is 0.274. The zero-order chi connectivity index (χ0) is 23.4. The highest BCUT2D eigenvalue weighted by Gasteiger charge is 2.60. The Morgan fingerprint density at radius 2 is 1.56 bits per heavy atom. The van der Waals surface area contributed by atoms with Gasteiger partial charge in [0.15, 0.2) is 6.10 Å². The van der Waals surface area contributed by atoms with Gasteiger partial charge in [-0.3, -0.25) is 14.4 Å². The summed E-state index contributed by atoms with van der Waals surface area (Å²) in [6.45, 7) is 0. The number of rotatable bonds is 3. The molecule has 2 aliphatic heterocycles. The molecule has 168 valence electrons. The van der Waals surface area contributed by atoms with E-state index in [1.54, 1.807) is 29.3 Å². The van der Waals surface area contributed by atoms with E-state index >= 15 is 0 Å². The van der Waals surface area contributed by atoms with Gasteiger partial charge in [-0.15, -0.1) is 0 Å². The van der Waals surface area contributed by atoms with E-state index in [1.165, 1.54) is 4.90 Å². The second kappa shape index (κ2) is 8.20. The van der Waals surface area contributed by atoms with E-state index in [1.807, 2.05) is 60.7 Å². The maximum absolute atomic E-state index is 13.7. The lowest BCUT2D eigenvalue weighted by molar-refractivity contribution is -0.126. The summed E-state index contributed by atoms with van der Waals surface area (Å²) in [6.07, 6.45) is -0.969. The summed E-state index contributed by atoms with van der Waals surface area (Å²) in [7, 11) is 0. The van der Waals surface area contributed by atoms with Gasteiger partial charge >= 0.3 is 0 Å². The molecule has 8 heteroatoms. The van der Waals surface area contributed by atoms with Crippen LogP contribution in [0.4, 0.5) is 11.4 Å². The van der Waals surface area contributed by atoms with Gasteiger partial charge < -0.3 is 0 Å². The van der Waals surface area contributed by atoms with Crippen molar-refractivity contribution in [3.05, 3.63) is 100 Å². The number of hydrogen-bond acceptors (Lipinski definition) is 5. The Morgan fingerprint density at radius 1 is 0.853 bits per heavy atom. The fraction of sp³-hybridized carbons (Fsp3) is 0.115. The van der Waals surface area contributed by atoms with E-state index in [9.17, 15) is 9.59 Å². The summed E-state index contributed by atoms with van der Waals surface area (Å²) >= 11 is 10.1. The Balaban J connectivity index is 1.49. The number of hydrogen-bond donors (Lipinski definition) is 0. The average Bonchev–Trinajstić information content (AvgIpc) is 3.36. The van der Waals surface area contributed by atoms with Crippen molar-refractivity contribution < 1.29 is 14.4 Å². The monoisotopic (exact) mass is 533 g/mol. The number of amides is 2. The lowest BCUT2D eigenvalue weighted by Gasteiger charge is -2.29. The molecule has 6 nitrogen and oxygen atoms in total. The first-order chi connectivity index (χ1) is 16.5. The van der Waals surface area contributed by atoms with Crippen LogP contribution in [0.3, 0.4) is 0 Å². The van der Waals surface area contributed by atoms with Crippen molar-refractivity contribution in [1.82, 2.24) is 4.98 Å². The van der Waals surface area contributed by atoms with Gasteiger partial charge in [0, 0.05) is 15.4 Å². The van der Waals surface area contributed by atoms with Crippen molar-refractivity contribution in [2.45, 2.75) is 12.1 Å². The normalized spacial score (nSPS) is 22.0. The topological polar surface area (TPSA) is 62.7 Å². The van der Waals surface area contributed by atoms with Gasteiger partial charge in [-0.25, -0.2) is 14.9 Å². The Bertz CT molecular complexity index is 1430. The fourth-order valence-electron chi connectivity index (χ4n) is 4.69. The molecule has 2 aliphatic rings. The first-order valence-electron chi connectivity index (χ1n) is 10.7. The lowest BCUT2D eigenvalue weighted by Crippen LogP contribution is -2.37. The summed E-state index contributed by atoms with van der Waals surface area (Å²) < 4.78 is 0.855. The number of pyridine rings is 1. The fourth-order valence-corrected chi connectivity index (χ4v) is 5.21. The Morgan fingerprint density at radius 3 is 2.32 bits per heavy atom. The van der Waals surface area contributed by atoms with Crippen molar-refractivity contribution in [3.8, 4) is 0 Å². The third kappa shape index (κ3) is 3.31. The van der Waals surface area contributed by atoms with Crippen LogP contribution < -0.4 is 9.96 Å². The van der Waals surface area contributed by atoms with Crippen molar-refractivity contribution in [3.63, 3.8) is 0 Å². The molecule has 6 rings (SSSR count). The molecule has 0 aliphatic carbocycles. The van der Waals surface area contributed by atoms with Gasteiger partial charge in [0.25, 0.3) is 5.91 Å². The third-order valence-electron chi connectivity index (χ3n) is 6.23. The highest BCUT2D eigenvalue weighted by atomic mass is 79.9. The molecule has 2 amide bonds. The standard InChI is InChI=1S/C26H17BrClN3O3/c27-16-10-12-17(13-11-16)30-25(32)21-22(19-14-15-6-4-5-9-20(15)29-24(19)28)31(34-23(21)26(30)33)18-7-2-1-3-8-18/h1-14,21-23H/t21-,22-,23-/m1/s1. The molecule has 2 fully saturated rings. The summed E-state index contributed by atoms with van der Waals surface area (Å²) in [4.78, 5) is 39.1. The Labute approximate surface area is 208 Å². The number of aromatic nitrogens is 1. The molecule has 0 spiro atoms. The van der Waals surface area contributed by atoms with Crippen molar-refractivity contribution in [2.75, 3.05) is 9.96 Å². The van der Waals surface area contributed by atoms with E-state index in [0.717, 1.165) is 21.1 Å². The van der Waals surface area contributed by atoms with Gasteiger partial charge in [0.1, 0.15) is 11.1 Å². The van der Waals surface area contributed by atoms with Gasteiger partial charge in [-0.1, -0.05) is 63.9 Å². The Kier molecular flexibility index (Phi) is 5.13. The van der Waals surface area contributed by atoms with E-state index < -0.39 is 24.0 Å². The van der Waals surface area contributed by atoms with Gasteiger partial charge in [-0.2, -0.15) is 0 Å². The van der Waals surface area contributed by atoms with Crippen LogP contribution in [-0.2, 0) is 14.4 Å². The van der Waals surface area contributed by atoms with E-state index in [0.29, 0.717) is 11.3 Å². The second-order valence-corrected chi connectivity index (χ2v) is 9.48. The van der Waals surface area contributed by atoms with E-state index in [4.69, 9.17) is 16.4 Å². The SMILES string of the molecule is O=C1[C@@H]2[C@@H](c3cc4ccccc4nc3Cl)N(c3ccccc3)O[C@H]2C(=O)N1c1ccc(Br)cc1. The maximum atomic E-state index is 13.7. The largest absolute Gasteiger partial charge is 0.273 e. The first-order valence-corrected chi connectivity index (χ1v) is 11.9. The molecule has 3 heterocycles. The molecular weight excluding hydrogens is 518 g/mol. The van der Waals surface area contributed by atoms with Crippen LogP contribution in [0.15, 0.2) is 89.4 Å². The molecule has 3 aromatic carbocycles. The highest BCUT2D eigenvalue weighted by Crippen LogP contribution is 2.49. The molecule has 0 radical (unpaired) electrons. The van der Waals surface area contributed by atoms with E-state index in [-0.39, 0.29) is 11.1 Å². The maximum Gasteiger partial charge on any atom is 0.266 e. The van der Waals surface area contributed by atoms with Crippen LogP contribution in [-0.4, -0.2) is 22.9 Å². The van der Waals surface area contributed by atoms with Crippen LogP contribution in [0.5, 0.6) is 0 Å². The number of halogens is 2. The number of nitrogens with zero attached hydrogens (tertiary/aromatic N) is 3. The molecule has 0 saturated carbocycles. The summed E-state index contributed by atoms with van der Waals surface area (Å²) in [5, 5.41) is 2.79. The highest BCUT2D eigenvalue weighted by molar-refractivity contribution is 9.10. The van der Waals surface area contributed by atoms with Crippen molar-refractivity contribution in [2.24, 2.45) is 5.92 Å². The molecule has 4 aromatic rings. The van der Waals surface area contributed by atoms with Crippen LogP contribution in [0.2, 0.25) is 5.15 Å². The Hall–Kier alpha value is -3.26. The van der Waals surface area contributed by atoms with Crippen molar-refractivity contribution >= 4 is 61.6 Å². The zero-order valence-electron chi connectivity index (χ0n) is 17.6. The number of para-hydroxylation sites is 2. The van der Waals surface area contributed by atoms with Crippen molar-refractivity contribution in [1.29, 1.82) is 0 Å². The van der Waals surface area contributed by atoms with Gasteiger partial charge in [0.2, 0.25) is 5.91 Å². The molecule has 0 unspecified atom stereocenters. The minimum Gasteiger partial charge on any atom is -0.273 e. The lowest BCUT2D eigenvalue weighted by atomic mass is 9.90. The number of fused-ring (bicyclic) bond motifs is 2. The minimum atomic E-state index is -0.969. The molecule has 0 bridgehead atoms. The third-order valence-corrected chi connectivity index (χ3v) is 7.07. The molecule has 2 saturated heterocycles. The van der Waals surface area contributed by atoms with Crippen LogP contribution >= 0.6 is 27.5 Å². The number of carbonyl (C=O) groups excluding carboxylic acids is 2. The predicted octanol–water partition coefficient (Wildman–Crippen LogP) is 5.70. The number of carbonyl (C=O) groups is 2. The van der Waals surface area contributed by atoms with Gasteiger partial charge in [0.05, 0.1) is 22.9 Å². The number of anilines is 2. The van der Waals surface area contributed by atoms with E-state index in [2.05, 4.69) is 20.9 Å². The van der Waals surface area contributed by atoms with Gasteiger partial charge in [-0.05, 0) is 48.5 Å². The quantitative estimate of drug-likeness (QED) is 0.249. The summed E-state index contributed by atoms with van der Waals surface area (Å²) in [5.74, 6) is -1.51. The summed E-state index contributed by atoms with van der Waals surface area (Å²) in [6, 6.07) is 25.4. The average molecular weight is 535 g/mol. The van der Waals surface area contributed by atoms with Crippen LogP contribution in [0, 0.1) is 5.92 Å². The molecular formula is C26H17BrClN3O3. The smallest absolute Gasteiger partial charge is 0.266 e. The zero-order valence-corrected chi connectivity index (χ0v) is 20.0. The first kappa shape index (κ1) is 21.3. The molecule has 1 aromatic heterocycles. The number of imide groups is 1. The molecule has 34 heavy (non-hydrogen) atoms. The summed E-state index contributed by atoms with van der Waals surface area (Å²) in [5.41, 5.74) is 2.62. The number of hydroxylamine groups is 1. The van der Waals surface area contributed by atoms with Crippen LogP contribution in [0.1, 0.15) is 11.6 Å². The molecule has 3 atom stereocenters. The second-order valence-electron chi connectivity index (χ2n) is 8.21. The number of benzene rings is 3. The predicted molar refractivity (Wildman–Crippen MR) is 133 cm³/mol.